The van der Waals surface area contributed by atoms with Crippen molar-refractivity contribution in [1.82, 2.24) is 24.8 Å². The number of likely N-dealkylation sites (N-methyl/N-ethyl adjacent to an activating group) is 1. The van der Waals surface area contributed by atoms with Crippen LogP contribution < -0.4 is 10.1 Å². The number of pyridine rings is 1. The van der Waals surface area contributed by atoms with Crippen LogP contribution in [0.1, 0.15) is 28.8 Å². The van der Waals surface area contributed by atoms with Gasteiger partial charge in [0.1, 0.15) is 17.2 Å². The predicted octanol–water partition coefficient (Wildman–Crippen LogP) is 5.06. The highest BCUT2D eigenvalue weighted by molar-refractivity contribution is 5.93. The van der Waals surface area contributed by atoms with E-state index in [9.17, 15) is 4.79 Å². The molecule has 1 aliphatic heterocycles. The fraction of sp³-hybridized carbons (Fsp3) is 0.344. The number of hydrogen-bond donors (Lipinski definition) is 2. The molecule has 206 valence electrons. The van der Waals surface area contributed by atoms with Crippen LogP contribution in [0.5, 0.6) is 11.5 Å². The molecule has 1 saturated heterocycles. The summed E-state index contributed by atoms with van der Waals surface area (Å²) in [7, 11) is 2.17. The minimum Gasteiger partial charge on any atom is -0.457 e. The highest BCUT2D eigenvalue weighted by Gasteiger charge is 2.25. The fourth-order valence-corrected chi connectivity index (χ4v) is 5.54. The van der Waals surface area contributed by atoms with Gasteiger partial charge >= 0.3 is 0 Å². The summed E-state index contributed by atoms with van der Waals surface area (Å²) in [5, 5.41) is 3.10. The van der Waals surface area contributed by atoms with Crippen LogP contribution in [0.25, 0.3) is 11.5 Å². The maximum atomic E-state index is 13.0. The highest BCUT2D eigenvalue weighted by Crippen LogP contribution is 2.32. The lowest BCUT2D eigenvalue weighted by Gasteiger charge is -2.31. The van der Waals surface area contributed by atoms with E-state index in [-0.39, 0.29) is 11.8 Å². The Morgan fingerprint density at radius 2 is 1.88 bits per heavy atom. The fourth-order valence-electron chi connectivity index (χ4n) is 5.54. The molecule has 1 unspecified atom stereocenters. The number of aromatic amines is 1. The number of fused-ring (bicyclic) bond motifs is 1. The summed E-state index contributed by atoms with van der Waals surface area (Å²) >= 11 is 0. The molecule has 2 aliphatic rings. The van der Waals surface area contributed by atoms with E-state index in [0.717, 1.165) is 79.8 Å². The first-order valence-corrected chi connectivity index (χ1v) is 14.1. The number of rotatable bonds is 7. The van der Waals surface area contributed by atoms with Gasteiger partial charge in [-0.25, -0.2) is 4.98 Å². The van der Waals surface area contributed by atoms with Crippen molar-refractivity contribution in [2.24, 2.45) is 5.92 Å². The first-order valence-electron chi connectivity index (χ1n) is 14.1. The molecule has 2 aromatic heterocycles. The van der Waals surface area contributed by atoms with Gasteiger partial charge in [0.15, 0.2) is 5.82 Å². The number of nitrogens with zero attached hydrogens (tertiary/aromatic N) is 4. The SMILES string of the molecule is Cc1cccc(NC(=O)C2CCc3ccc(Oc4ccnc(-c5ncc(CN6CCN(C)CC6)[nH]5)c4)cc3C2)c1. The number of hydrogen-bond acceptors (Lipinski definition) is 6. The predicted molar refractivity (Wildman–Crippen MR) is 156 cm³/mol. The maximum Gasteiger partial charge on any atom is 0.227 e. The zero-order valence-electron chi connectivity index (χ0n) is 23.2. The summed E-state index contributed by atoms with van der Waals surface area (Å²) in [4.78, 5) is 30.3. The third-order valence-electron chi connectivity index (χ3n) is 7.89. The van der Waals surface area contributed by atoms with E-state index in [1.54, 1.807) is 6.20 Å². The summed E-state index contributed by atoms with van der Waals surface area (Å²) in [6.45, 7) is 7.19. The van der Waals surface area contributed by atoms with E-state index in [2.05, 4.69) is 49.2 Å². The van der Waals surface area contributed by atoms with E-state index in [1.165, 1.54) is 11.1 Å². The van der Waals surface area contributed by atoms with Crippen molar-refractivity contribution in [2.45, 2.75) is 32.7 Å². The number of anilines is 1. The number of H-pyrrole nitrogens is 1. The van der Waals surface area contributed by atoms with Crippen molar-refractivity contribution in [3.05, 3.63) is 89.4 Å². The normalized spacial score (nSPS) is 17.8. The molecule has 1 amide bonds. The Labute approximate surface area is 235 Å². The molecule has 4 aromatic rings. The van der Waals surface area contributed by atoms with Gasteiger partial charge in [-0.2, -0.15) is 0 Å². The van der Waals surface area contributed by atoms with Gasteiger partial charge in [0, 0.05) is 62.3 Å². The molecule has 0 radical (unpaired) electrons. The molecular weight excluding hydrogens is 500 g/mol. The van der Waals surface area contributed by atoms with Gasteiger partial charge in [0.2, 0.25) is 5.91 Å². The number of ether oxygens (including phenoxy) is 1. The lowest BCUT2D eigenvalue weighted by molar-refractivity contribution is -0.120. The van der Waals surface area contributed by atoms with Gasteiger partial charge in [-0.1, -0.05) is 18.2 Å². The summed E-state index contributed by atoms with van der Waals surface area (Å²) in [5.74, 6) is 2.21. The molecule has 2 N–H and O–H groups in total. The van der Waals surface area contributed by atoms with Gasteiger partial charge in [0.25, 0.3) is 0 Å². The molecule has 40 heavy (non-hydrogen) atoms. The van der Waals surface area contributed by atoms with Crippen LogP contribution >= 0.6 is 0 Å². The number of carbonyl (C=O) groups excluding carboxylic acids is 1. The Morgan fingerprint density at radius 1 is 1.02 bits per heavy atom. The second-order valence-electron chi connectivity index (χ2n) is 11.0. The van der Waals surface area contributed by atoms with Gasteiger partial charge in [-0.3, -0.25) is 14.7 Å². The van der Waals surface area contributed by atoms with Crippen LogP contribution in [-0.2, 0) is 24.2 Å². The second kappa shape index (κ2) is 11.6. The van der Waals surface area contributed by atoms with Crippen LogP contribution in [0, 0.1) is 12.8 Å². The van der Waals surface area contributed by atoms with Crippen LogP contribution in [-0.4, -0.2) is 63.9 Å². The van der Waals surface area contributed by atoms with Crippen LogP contribution in [0.3, 0.4) is 0 Å². The molecule has 1 aliphatic carbocycles. The molecule has 2 aromatic carbocycles. The Morgan fingerprint density at radius 3 is 2.73 bits per heavy atom. The summed E-state index contributed by atoms with van der Waals surface area (Å²) in [6, 6.07) is 17.9. The number of imidazole rings is 1. The first-order chi connectivity index (χ1) is 19.5. The standard InChI is InChI=1S/C32H36N6O2/c1-22-4-3-5-26(16-22)36-32(39)24-7-6-23-8-9-28(18-25(23)17-24)40-29-10-11-33-30(19-29)31-34-20-27(35-31)21-38-14-12-37(2)13-15-38/h3-5,8-11,16,18-20,24H,6-7,12-15,17,21H2,1-2H3,(H,34,35)(H,36,39). The Bertz CT molecular complexity index is 1490. The van der Waals surface area contributed by atoms with Crippen LogP contribution in [0.2, 0.25) is 0 Å². The Kier molecular flexibility index (Phi) is 7.62. The molecule has 6 rings (SSSR count). The lowest BCUT2D eigenvalue weighted by atomic mass is 9.83. The number of piperazine rings is 1. The van der Waals surface area contributed by atoms with Gasteiger partial charge in [-0.15, -0.1) is 0 Å². The van der Waals surface area contributed by atoms with E-state index in [4.69, 9.17) is 4.74 Å². The van der Waals surface area contributed by atoms with Crippen molar-refractivity contribution in [2.75, 3.05) is 38.5 Å². The van der Waals surface area contributed by atoms with E-state index in [0.29, 0.717) is 12.2 Å². The molecular formula is C32H36N6O2. The highest BCUT2D eigenvalue weighted by atomic mass is 16.5. The Hall–Kier alpha value is -4.01. The maximum absolute atomic E-state index is 13.0. The van der Waals surface area contributed by atoms with Crippen molar-refractivity contribution in [1.29, 1.82) is 0 Å². The van der Waals surface area contributed by atoms with E-state index >= 15 is 0 Å². The molecule has 0 bridgehead atoms. The van der Waals surface area contributed by atoms with Gasteiger partial charge < -0.3 is 19.9 Å². The summed E-state index contributed by atoms with van der Waals surface area (Å²) in [6.07, 6.45) is 6.08. The third kappa shape index (κ3) is 6.24. The van der Waals surface area contributed by atoms with E-state index < -0.39 is 0 Å². The minimum absolute atomic E-state index is 0.0604. The summed E-state index contributed by atoms with van der Waals surface area (Å²) in [5.41, 5.74) is 6.26. The van der Waals surface area contributed by atoms with Crippen LogP contribution in [0.4, 0.5) is 5.69 Å². The minimum atomic E-state index is -0.0604. The number of nitrogens with one attached hydrogen (secondary N) is 2. The third-order valence-corrected chi connectivity index (χ3v) is 7.89. The topological polar surface area (TPSA) is 86.4 Å². The van der Waals surface area contributed by atoms with Crippen molar-refractivity contribution in [3.8, 4) is 23.0 Å². The quantitative estimate of drug-likeness (QED) is 0.343. The zero-order chi connectivity index (χ0) is 27.5. The molecule has 0 saturated carbocycles. The molecule has 3 heterocycles. The molecule has 0 spiro atoms. The lowest BCUT2D eigenvalue weighted by Crippen LogP contribution is -2.43. The average Bonchev–Trinajstić information content (AvgIpc) is 3.43. The zero-order valence-corrected chi connectivity index (χ0v) is 23.2. The Balaban J connectivity index is 1.10. The number of benzene rings is 2. The molecule has 1 fully saturated rings. The van der Waals surface area contributed by atoms with Gasteiger partial charge in [0.05, 0.1) is 6.20 Å². The summed E-state index contributed by atoms with van der Waals surface area (Å²) < 4.78 is 6.25. The van der Waals surface area contributed by atoms with Gasteiger partial charge in [-0.05, 0) is 80.3 Å². The molecule has 1 atom stereocenters. The number of carbonyl (C=O) groups is 1. The van der Waals surface area contributed by atoms with Crippen molar-refractivity contribution < 1.29 is 9.53 Å². The number of aryl methyl sites for hydroxylation is 2. The van der Waals surface area contributed by atoms with Crippen molar-refractivity contribution >= 4 is 11.6 Å². The number of aromatic nitrogens is 3. The van der Waals surface area contributed by atoms with Crippen molar-refractivity contribution in [3.63, 3.8) is 0 Å². The second-order valence-corrected chi connectivity index (χ2v) is 11.0. The average molecular weight is 537 g/mol. The number of amides is 1. The molecule has 8 heteroatoms. The smallest absolute Gasteiger partial charge is 0.227 e. The molecule has 8 nitrogen and oxygen atoms in total. The first kappa shape index (κ1) is 26.2. The van der Waals surface area contributed by atoms with E-state index in [1.807, 2.05) is 55.6 Å². The van der Waals surface area contributed by atoms with Crippen LogP contribution in [0.15, 0.2) is 67.0 Å². The monoisotopic (exact) mass is 536 g/mol. The largest absolute Gasteiger partial charge is 0.457 e.